The van der Waals surface area contributed by atoms with Gasteiger partial charge < -0.3 is 4.74 Å². The fourth-order valence-corrected chi connectivity index (χ4v) is 4.16. The summed E-state index contributed by atoms with van der Waals surface area (Å²) in [5.41, 5.74) is 3.05. The van der Waals surface area contributed by atoms with E-state index in [1.807, 2.05) is 55.5 Å². The van der Waals surface area contributed by atoms with Crippen LogP contribution in [0.3, 0.4) is 0 Å². The number of hydrogen-bond donors (Lipinski definition) is 0. The molecule has 0 aliphatic rings. The number of aryl methyl sites for hydroxylation is 1. The topological polar surface area (TPSA) is 42.4 Å². The van der Waals surface area contributed by atoms with Crippen molar-refractivity contribution in [1.29, 1.82) is 0 Å². The summed E-state index contributed by atoms with van der Waals surface area (Å²) < 4.78 is 6.75. The number of thiazole rings is 1. The van der Waals surface area contributed by atoms with Gasteiger partial charge in [0.25, 0.3) is 5.91 Å². The van der Waals surface area contributed by atoms with Crippen LogP contribution >= 0.6 is 22.9 Å². The lowest BCUT2D eigenvalue weighted by Gasteiger charge is -2.20. The number of amides is 1. The number of para-hydroxylation sites is 1. The van der Waals surface area contributed by atoms with Crippen molar-refractivity contribution in [3.8, 4) is 5.75 Å². The number of ether oxygens (including phenoxy) is 1. The molecule has 4 aromatic rings. The van der Waals surface area contributed by atoms with Gasteiger partial charge in [-0.15, -0.1) is 0 Å². The summed E-state index contributed by atoms with van der Waals surface area (Å²) in [6, 6.07) is 22.9. The van der Waals surface area contributed by atoms with Crippen molar-refractivity contribution >= 4 is 44.2 Å². The van der Waals surface area contributed by atoms with Gasteiger partial charge >= 0.3 is 0 Å². The van der Waals surface area contributed by atoms with E-state index in [0.717, 1.165) is 21.3 Å². The average Bonchev–Trinajstić information content (AvgIpc) is 3.17. The first-order valence-corrected chi connectivity index (χ1v) is 10.4. The minimum atomic E-state index is -0.152. The van der Waals surface area contributed by atoms with Gasteiger partial charge in [0.1, 0.15) is 5.75 Å². The van der Waals surface area contributed by atoms with E-state index in [0.29, 0.717) is 22.4 Å². The zero-order chi connectivity index (χ0) is 20.2. The number of halogens is 1. The molecule has 1 aromatic heterocycles. The van der Waals surface area contributed by atoms with E-state index >= 15 is 0 Å². The van der Waals surface area contributed by atoms with Gasteiger partial charge in [0.15, 0.2) is 11.7 Å². The Morgan fingerprint density at radius 2 is 1.79 bits per heavy atom. The molecule has 3 aromatic carbocycles. The first-order valence-electron chi connectivity index (χ1n) is 9.19. The smallest absolute Gasteiger partial charge is 0.267 e. The normalized spacial score (nSPS) is 10.8. The van der Waals surface area contributed by atoms with E-state index in [4.69, 9.17) is 21.3 Å². The number of carbonyl (C=O) groups excluding carboxylic acids is 1. The summed E-state index contributed by atoms with van der Waals surface area (Å²) >= 11 is 7.42. The number of anilines is 1. The van der Waals surface area contributed by atoms with Crippen molar-refractivity contribution in [2.45, 2.75) is 13.5 Å². The Balaban J connectivity index is 1.60. The van der Waals surface area contributed by atoms with Crippen molar-refractivity contribution < 1.29 is 9.53 Å². The molecule has 0 saturated carbocycles. The molecule has 0 aliphatic carbocycles. The maximum atomic E-state index is 13.1. The third-order valence-corrected chi connectivity index (χ3v) is 5.80. The number of carbonyl (C=O) groups is 1. The summed E-state index contributed by atoms with van der Waals surface area (Å²) in [5.74, 6) is 0.447. The van der Waals surface area contributed by atoms with Crippen LogP contribution in [-0.2, 0) is 11.3 Å². The predicted octanol–water partition coefficient (Wildman–Crippen LogP) is 5.87. The number of nitrogens with zero attached hydrogens (tertiary/aromatic N) is 2. The van der Waals surface area contributed by atoms with Gasteiger partial charge in [0.2, 0.25) is 0 Å². The van der Waals surface area contributed by atoms with E-state index in [1.165, 1.54) is 11.3 Å². The van der Waals surface area contributed by atoms with Gasteiger partial charge in [-0.2, -0.15) is 0 Å². The molecule has 1 heterocycles. The highest BCUT2D eigenvalue weighted by Gasteiger charge is 2.21. The van der Waals surface area contributed by atoms with Gasteiger partial charge in [-0.1, -0.05) is 65.4 Å². The lowest BCUT2D eigenvalue weighted by Crippen LogP contribution is -2.34. The minimum Gasteiger partial charge on any atom is -0.484 e. The fourth-order valence-electron chi connectivity index (χ4n) is 2.97. The molecule has 0 atom stereocenters. The molecule has 0 unspecified atom stereocenters. The summed E-state index contributed by atoms with van der Waals surface area (Å²) in [6.45, 7) is 2.38. The maximum Gasteiger partial charge on any atom is 0.267 e. The molecule has 29 heavy (non-hydrogen) atoms. The van der Waals surface area contributed by atoms with Crippen LogP contribution < -0.4 is 9.64 Å². The quantitative estimate of drug-likeness (QED) is 0.390. The van der Waals surface area contributed by atoms with Crippen LogP contribution in [0.1, 0.15) is 11.1 Å². The van der Waals surface area contributed by atoms with E-state index < -0.39 is 0 Å². The molecule has 0 bridgehead atoms. The molecule has 1 amide bonds. The van der Waals surface area contributed by atoms with Crippen molar-refractivity contribution in [3.63, 3.8) is 0 Å². The summed E-state index contributed by atoms with van der Waals surface area (Å²) in [4.78, 5) is 19.5. The first-order chi connectivity index (χ1) is 14.1. The van der Waals surface area contributed by atoms with Crippen LogP contribution in [0.25, 0.3) is 10.2 Å². The molecule has 6 heteroatoms. The van der Waals surface area contributed by atoms with E-state index in [1.54, 1.807) is 29.2 Å². The van der Waals surface area contributed by atoms with Crippen molar-refractivity contribution in [3.05, 3.63) is 88.9 Å². The lowest BCUT2D eigenvalue weighted by molar-refractivity contribution is -0.120. The van der Waals surface area contributed by atoms with Gasteiger partial charge in [-0.25, -0.2) is 4.98 Å². The van der Waals surface area contributed by atoms with Gasteiger partial charge in [-0.05, 0) is 48.4 Å². The zero-order valence-corrected chi connectivity index (χ0v) is 17.4. The molecule has 4 rings (SSSR count). The number of hydrogen-bond acceptors (Lipinski definition) is 4. The fraction of sp³-hybridized carbons (Fsp3) is 0.130. The molecular weight excluding hydrogens is 404 g/mol. The summed E-state index contributed by atoms with van der Waals surface area (Å²) in [7, 11) is 0. The Morgan fingerprint density at radius 1 is 1.03 bits per heavy atom. The number of benzene rings is 3. The molecule has 0 fully saturated rings. The van der Waals surface area contributed by atoms with Crippen LogP contribution in [-0.4, -0.2) is 17.5 Å². The third-order valence-electron chi connectivity index (χ3n) is 4.50. The maximum absolute atomic E-state index is 13.1. The molecular formula is C23H19ClN2O2S. The Bertz CT molecular complexity index is 1130. The molecule has 0 radical (unpaired) electrons. The van der Waals surface area contributed by atoms with Crippen molar-refractivity contribution in [2.24, 2.45) is 0 Å². The highest BCUT2D eigenvalue weighted by atomic mass is 35.5. The largest absolute Gasteiger partial charge is 0.484 e. The van der Waals surface area contributed by atoms with E-state index in [9.17, 15) is 4.79 Å². The highest BCUT2D eigenvalue weighted by Crippen LogP contribution is 2.31. The monoisotopic (exact) mass is 422 g/mol. The average molecular weight is 423 g/mol. The first kappa shape index (κ1) is 19.4. The highest BCUT2D eigenvalue weighted by molar-refractivity contribution is 7.22. The Hall–Kier alpha value is -2.89. The van der Waals surface area contributed by atoms with Crippen LogP contribution in [0.5, 0.6) is 5.75 Å². The minimum absolute atomic E-state index is 0.0800. The van der Waals surface area contributed by atoms with Gasteiger partial charge in [0.05, 0.1) is 16.8 Å². The van der Waals surface area contributed by atoms with Crippen LogP contribution in [0.4, 0.5) is 5.13 Å². The Morgan fingerprint density at radius 3 is 2.52 bits per heavy atom. The molecule has 0 spiro atoms. The number of fused-ring (bicyclic) bond motifs is 1. The van der Waals surface area contributed by atoms with Gasteiger partial charge in [-0.3, -0.25) is 9.69 Å². The molecule has 146 valence electrons. The Kier molecular flexibility index (Phi) is 5.79. The van der Waals surface area contributed by atoms with Crippen LogP contribution in [0.2, 0.25) is 5.02 Å². The lowest BCUT2D eigenvalue weighted by atomic mass is 10.2. The predicted molar refractivity (Wildman–Crippen MR) is 119 cm³/mol. The standard InChI is InChI=1S/C23H19ClN2O2S/c1-16-6-5-9-20-22(16)25-23(29-20)26(14-17-7-3-2-4-8-17)21(27)15-28-19-12-10-18(24)11-13-19/h2-13H,14-15H2,1H3. The molecule has 0 aliphatic heterocycles. The van der Waals surface area contributed by atoms with Crippen molar-refractivity contribution in [1.82, 2.24) is 4.98 Å². The molecule has 4 nitrogen and oxygen atoms in total. The second-order valence-electron chi connectivity index (χ2n) is 6.63. The van der Waals surface area contributed by atoms with Crippen LogP contribution in [0, 0.1) is 6.92 Å². The molecule has 0 saturated heterocycles. The van der Waals surface area contributed by atoms with Gasteiger partial charge in [0, 0.05) is 5.02 Å². The second kappa shape index (κ2) is 8.64. The Labute approximate surface area is 178 Å². The van der Waals surface area contributed by atoms with E-state index in [-0.39, 0.29) is 12.5 Å². The number of rotatable bonds is 6. The number of aromatic nitrogens is 1. The summed E-state index contributed by atoms with van der Waals surface area (Å²) in [6.07, 6.45) is 0. The molecule has 0 N–H and O–H groups in total. The third kappa shape index (κ3) is 4.58. The van der Waals surface area contributed by atoms with E-state index in [2.05, 4.69) is 0 Å². The zero-order valence-electron chi connectivity index (χ0n) is 15.8. The summed E-state index contributed by atoms with van der Waals surface area (Å²) in [5, 5.41) is 1.29. The van der Waals surface area contributed by atoms with Crippen LogP contribution in [0.15, 0.2) is 72.8 Å². The van der Waals surface area contributed by atoms with Crippen molar-refractivity contribution in [2.75, 3.05) is 11.5 Å². The second-order valence-corrected chi connectivity index (χ2v) is 8.07. The SMILES string of the molecule is Cc1cccc2sc(N(Cc3ccccc3)C(=O)COc3ccc(Cl)cc3)nc12.